The molecule has 0 aliphatic heterocycles. The number of ether oxygens (including phenoxy) is 4. The van der Waals surface area contributed by atoms with Crippen molar-refractivity contribution in [3.63, 3.8) is 0 Å². The number of aliphatic hydroxyl groups excluding tert-OH is 1. The number of rotatable bonds is 10. The minimum Gasteiger partial charge on any atom is -0.495 e. The molecule has 4 N–H and O–H groups in total. The first-order valence-electron chi connectivity index (χ1n) is 8.80. The molecule has 2 aromatic carbocycles. The van der Waals surface area contributed by atoms with Gasteiger partial charge in [-0.2, -0.15) is 0 Å². The number of benzene rings is 2. The van der Waals surface area contributed by atoms with Gasteiger partial charge < -0.3 is 35.1 Å². The van der Waals surface area contributed by atoms with E-state index in [1.54, 1.807) is 33.5 Å². The van der Waals surface area contributed by atoms with E-state index in [0.29, 0.717) is 28.7 Å². The number of carbonyl (C=O) groups excluding carboxylic acids is 1. The third-order valence-corrected chi connectivity index (χ3v) is 4.23. The third kappa shape index (κ3) is 5.32. The molecular formula is C21H26N2O6. The van der Waals surface area contributed by atoms with Gasteiger partial charge in [0.2, 0.25) is 11.7 Å². The second-order valence-electron chi connectivity index (χ2n) is 6.03. The van der Waals surface area contributed by atoms with E-state index in [1.165, 1.54) is 7.11 Å². The van der Waals surface area contributed by atoms with Gasteiger partial charge in [0, 0.05) is 0 Å². The van der Waals surface area contributed by atoms with E-state index in [9.17, 15) is 9.90 Å². The van der Waals surface area contributed by atoms with Crippen LogP contribution in [0.3, 0.4) is 0 Å². The normalized spacial score (nSPS) is 11.8. The monoisotopic (exact) mass is 402 g/mol. The number of carbonyl (C=O) groups is 1. The lowest BCUT2D eigenvalue weighted by molar-refractivity contribution is -0.119. The predicted octanol–water partition coefficient (Wildman–Crippen LogP) is 2.15. The molecule has 0 radical (unpaired) electrons. The number of anilines is 1. The van der Waals surface area contributed by atoms with Crippen LogP contribution in [0.15, 0.2) is 30.3 Å². The maximum absolute atomic E-state index is 11.4. The second kappa shape index (κ2) is 10.2. The topological polar surface area (TPSA) is 112 Å². The fourth-order valence-electron chi connectivity index (χ4n) is 2.73. The van der Waals surface area contributed by atoms with Crippen LogP contribution in [0.5, 0.6) is 23.0 Å². The minimum absolute atomic E-state index is 0.427. The molecule has 0 aliphatic rings. The molecule has 0 spiro atoms. The summed E-state index contributed by atoms with van der Waals surface area (Å²) in [5.41, 5.74) is 7.51. The summed E-state index contributed by atoms with van der Waals surface area (Å²) in [7, 11) is 6.18. The van der Waals surface area contributed by atoms with Gasteiger partial charge in [-0.3, -0.25) is 4.79 Å². The molecule has 2 rings (SSSR count). The van der Waals surface area contributed by atoms with Crippen LogP contribution < -0.4 is 30.0 Å². The van der Waals surface area contributed by atoms with Crippen molar-refractivity contribution in [2.75, 3.05) is 40.4 Å². The van der Waals surface area contributed by atoms with Crippen LogP contribution >= 0.6 is 0 Å². The lowest BCUT2D eigenvalue weighted by Crippen LogP contribution is -2.38. The highest BCUT2D eigenvalue weighted by molar-refractivity contribution is 5.84. The first-order chi connectivity index (χ1) is 14.0. The van der Waals surface area contributed by atoms with Crippen molar-refractivity contribution >= 4 is 23.7 Å². The summed E-state index contributed by atoms with van der Waals surface area (Å²) in [4.78, 5) is 11.4. The van der Waals surface area contributed by atoms with E-state index < -0.39 is 18.6 Å². The van der Waals surface area contributed by atoms with Gasteiger partial charge in [-0.15, -0.1) is 0 Å². The van der Waals surface area contributed by atoms with Crippen LogP contribution in [0.4, 0.5) is 5.69 Å². The van der Waals surface area contributed by atoms with Gasteiger partial charge in [0.05, 0.1) is 40.7 Å². The van der Waals surface area contributed by atoms with Crippen molar-refractivity contribution in [3.05, 3.63) is 41.5 Å². The summed E-state index contributed by atoms with van der Waals surface area (Å²) in [5.74, 6) is 1.49. The number of primary amides is 1. The molecule has 0 bridgehead atoms. The van der Waals surface area contributed by atoms with Crippen LogP contribution in [0, 0.1) is 0 Å². The van der Waals surface area contributed by atoms with E-state index in [-0.39, 0.29) is 0 Å². The molecule has 0 aromatic heterocycles. The van der Waals surface area contributed by atoms with Gasteiger partial charge in [0.1, 0.15) is 11.8 Å². The van der Waals surface area contributed by atoms with Crippen LogP contribution in [0.2, 0.25) is 0 Å². The van der Waals surface area contributed by atoms with Crippen LogP contribution in [0.25, 0.3) is 12.2 Å². The molecule has 0 unspecified atom stereocenters. The van der Waals surface area contributed by atoms with E-state index in [1.807, 2.05) is 30.4 Å². The predicted molar refractivity (Wildman–Crippen MR) is 112 cm³/mol. The summed E-state index contributed by atoms with van der Waals surface area (Å²) in [5, 5.41) is 12.2. The van der Waals surface area contributed by atoms with E-state index in [4.69, 9.17) is 24.7 Å². The summed E-state index contributed by atoms with van der Waals surface area (Å²) in [6, 6.07) is 8.14. The maximum atomic E-state index is 11.4. The van der Waals surface area contributed by atoms with Crippen LogP contribution in [-0.2, 0) is 4.79 Å². The van der Waals surface area contributed by atoms with Crippen LogP contribution in [-0.4, -0.2) is 52.1 Å². The fraction of sp³-hybridized carbons (Fsp3) is 0.286. The standard InChI is InChI=1S/C21H26N2O6/c1-26-17-8-7-13(9-15(17)23-16(12-24)21(22)25)5-6-14-10-18(27-2)20(29-4)19(11-14)28-3/h5-11,16,23-24H,12H2,1-4H3,(H2,22,25)/t16-/m0/s1. The number of amides is 1. The van der Waals surface area contributed by atoms with Crippen molar-refractivity contribution < 1.29 is 28.8 Å². The van der Waals surface area contributed by atoms with Gasteiger partial charge in [-0.1, -0.05) is 18.2 Å². The Morgan fingerprint density at radius 3 is 2.03 bits per heavy atom. The van der Waals surface area contributed by atoms with Gasteiger partial charge in [0.25, 0.3) is 0 Å². The molecule has 0 aliphatic carbocycles. The summed E-state index contributed by atoms with van der Waals surface area (Å²) >= 11 is 0. The Bertz CT molecular complexity index is 856. The highest BCUT2D eigenvalue weighted by Crippen LogP contribution is 2.38. The van der Waals surface area contributed by atoms with Gasteiger partial charge >= 0.3 is 0 Å². The molecule has 0 saturated carbocycles. The number of hydrogen-bond donors (Lipinski definition) is 3. The molecular weight excluding hydrogens is 376 g/mol. The lowest BCUT2D eigenvalue weighted by Gasteiger charge is -2.17. The molecule has 8 nitrogen and oxygen atoms in total. The van der Waals surface area contributed by atoms with Gasteiger partial charge in [-0.05, 0) is 35.4 Å². The van der Waals surface area contributed by atoms with Crippen molar-refractivity contribution in [1.82, 2.24) is 0 Å². The molecule has 0 heterocycles. The summed E-state index contributed by atoms with van der Waals surface area (Å²) in [6.07, 6.45) is 3.76. The molecule has 8 heteroatoms. The number of hydrogen-bond acceptors (Lipinski definition) is 7. The number of nitrogens with one attached hydrogen (secondary N) is 1. The number of aliphatic hydroxyl groups is 1. The fourth-order valence-corrected chi connectivity index (χ4v) is 2.73. The highest BCUT2D eigenvalue weighted by atomic mass is 16.5. The van der Waals surface area contributed by atoms with E-state index in [0.717, 1.165) is 11.1 Å². The minimum atomic E-state index is -0.918. The zero-order chi connectivity index (χ0) is 21.4. The molecule has 0 fully saturated rings. The summed E-state index contributed by atoms with van der Waals surface area (Å²) < 4.78 is 21.4. The van der Waals surface area contributed by atoms with Crippen molar-refractivity contribution in [2.45, 2.75) is 6.04 Å². The first kappa shape index (κ1) is 21.9. The molecule has 1 amide bonds. The zero-order valence-corrected chi connectivity index (χ0v) is 16.9. The average Bonchev–Trinajstić information content (AvgIpc) is 2.74. The Morgan fingerprint density at radius 2 is 1.55 bits per heavy atom. The molecule has 0 saturated heterocycles. The smallest absolute Gasteiger partial charge is 0.242 e. The Kier molecular flexibility index (Phi) is 7.73. The largest absolute Gasteiger partial charge is 0.495 e. The Morgan fingerprint density at radius 1 is 0.966 bits per heavy atom. The summed E-state index contributed by atoms with van der Waals surface area (Å²) in [6.45, 7) is -0.427. The van der Waals surface area contributed by atoms with E-state index in [2.05, 4.69) is 5.32 Å². The Hall–Kier alpha value is -3.39. The van der Waals surface area contributed by atoms with Crippen molar-refractivity contribution in [3.8, 4) is 23.0 Å². The van der Waals surface area contributed by atoms with Crippen LogP contribution in [0.1, 0.15) is 11.1 Å². The van der Waals surface area contributed by atoms with E-state index >= 15 is 0 Å². The Balaban J connectivity index is 2.35. The SMILES string of the molecule is COc1ccc(C=Cc2cc(OC)c(OC)c(OC)c2)cc1N[C@@H](CO)C(N)=O. The van der Waals surface area contributed by atoms with Gasteiger partial charge in [-0.25, -0.2) is 0 Å². The van der Waals surface area contributed by atoms with Crippen molar-refractivity contribution in [1.29, 1.82) is 0 Å². The zero-order valence-electron chi connectivity index (χ0n) is 16.9. The molecule has 156 valence electrons. The molecule has 2 aromatic rings. The molecule has 1 atom stereocenters. The first-order valence-corrected chi connectivity index (χ1v) is 8.80. The second-order valence-corrected chi connectivity index (χ2v) is 6.03. The quantitative estimate of drug-likeness (QED) is 0.522. The maximum Gasteiger partial charge on any atom is 0.242 e. The lowest BCUT2D eigenvalue weighted by atomic mass is 10.1. The average molecular weight is 402 g/mol. The molecule has 29 heavy (non-hydrogen) atoms. The Labute approximate surface area is 169 Å². The van der Waals surface area contributed by atoms with Crippen molar-refractivity contribution in [2.24, 2.45) is 5.73 Å². The highest BCUT2D eigenvalue weighted by Gasteiger charge is 2.16. The van der Waals surface area contributed by atoms with Gasteiger partial charge in [0.15, 0.2) is 11.5 Å². The third-order valence-electron chi connectivity index (χ3n) is 4.23. The number of nitrogens with two attached hydrogens (primary N) is 1. The number of methoxy groups -OCH3 is 4.